The Hall–Kier alpha value is -1.35. The van der Waals surface area contributed by atoms with Gasteiger partial charge in [-0.1, -0.05) is 30.3 Å². The van der Waals surface area contributed by atoms with Gasteiger partial charge < -0.3 is 10.0 Å². The fourth-order valence-corrected chi connectivity index (χ4v) is 1.63. The van der Waals surface area contributed by atoms with E-state index in [0.29, 0.717) is 12.8 Å². The van der Waals surface area contributed by atoms with Gasteiger partial charge in [0, 0.05) is 0 Å². The molecule has 1 aromatic rings. The molecule has 0 aromatic heterocycles. The van der Waals surface area contributed by atoms with Gasteiger partial charge in [0.1, 0.15) is 0 Å². The van der Waals surface area contributed by atoms with Crippen molar-refractivity contribution >= 4 is 5.97 Å². The summed E-state index contributed by atoms with van der Waals surface area (Å²) in [5, 5.41) is 9.13. The van der Waals surface area contributed by atoms with Crippen LogP contribution < -0.4 is 0 Å². The van der Waals surface area contributed by atoms with Crippen LogP contribution in [0.3, 0.4) is 0 Å². The van der Waals surface area contributed by atoms with Crippen molar-refractivity contribution in [2.45, 2.75) is 12.8 Å². The van der Waals surface area contributed by atoms with Crippen LogP contribution in [0.2, 0.25) is 0 Å². The second-order valence-corrected chi connectivity index (χ2v) is 4.32. The van der Waals surface area contributed by atoms with Gasteiger partial charge in [0.05, 0.1) is 5.92 Å². The normalized spacial score (nSPS) is 12.7. The Morgan fingerprint density at radius 3 is 2.44 bits per heavy atom. The Labute approximate surface area is 96.7 Å². The first-order valence-corrected chi connectivity index (χ1v) is 5.51. The van der Waals surface area contributed by atoms with Crippen LogP contribution in [-0.4, -0.2) is 36.6 Å². The minimum atomic E-state index is -0.703. The third kappa shape index (κ3) is 4.45. The van der Waals surface area contributed by atoms with E-state index >= 15 is 0 Å². The smallest absolute Gasteiger partial charge is 0.306 e. The Kier molecular flexibility index (Phi) is 4.99. The third-order valence-electron chi connectivity index (χ3n) is 2.60. The van der Waals surface area contributed by atoms with E-state index in [1.54, 1.807) is 0 Å². The van der Waals surface area contributed by atoms with Crippen LogP contribution in [-0.2, 0) is 11.2 Å². The second-order valence-electron chi connectivity index (χ2n) is 4.32. The number of carboxylic acids is 1. The lowest BCUT2D eigenvalue weighted by Gasteiger charge is -2.15. The number of hydrogen-bond donors (Lipinski definition) is 1. The summed E-state index contributed by atoms with van der Waals surface area (Å²) in [6.07, 6.45) is 1.31. The van der Waals surface area contributed by atoms with Gasteiger partial charge in [-0.25, -0.2) is 0 Å². The SMILES string of the molecule is CN(C)CCC(Cc1ccccc1)C(=O)O. The number of carbonyl (C=O) groups is 1. The molecule has 0 bridgehead atoms. The van der Waals surface area contributed by atoms with Crippen LogP contribution >= 0.6 is 0 Å². The fraction of sp³-hybridized carbons (Fsp3) is 0.462. The van der Waals surface area contributed by atoms with Crippen LogP contribution in [0, 0.1) is 5.92 Å². The summed E-state index contributed by atoms with van der Waals surface area (Å²) in [6, 6.07) is 9.79. The molecule has 0 saturated carbocycles. The maximum Gasteiger partial charge on any atom is 0.306 e. The zero-order chi connectivity index (χ0) is 12.0. The molecule has 0 aliphatic heterocycles. The Morgan fingerprint density at radius 2 is 1.94 bits per heavy atom. The first-order chi connectivity index (χ1) is 7.59. The summed E-state index contributed by atoms with van der Waals surface area (Å²) in [7, 11) is 3.92. The van der Waals surface area contributed by atoms with Crippen molar-refractivity contribution < 1.29 is 9.90 Å². The Bertz CT molecular complexity index is 322. The highest BCUT2D eigenvalue weighted by Crippen LogP contribution is 2.12. The van der Waals surface area contributed by atoms with Gasteiger partial charge in [-0.3, -0.25) is 4.79 Å². The monoisotopic (exact) mass is 221 g/mol. The highest BCUT2D eigenvalue weighted by molar-refractivity contribution is 5.70. The van der Waals surface area contributed by atoms with Crippen molar-refractivity contribution in [2.24, 2.45) is 5.92 Å². The van der Waals surface area contributed by atoms with Gasteiger partial charge in [0.25, 0.3) is 0 Å². The summed E-state index contributed by atoms with van der Waals surface area (Å²) in [5.74, 6) is -0.990. The summed E-state index contributed by atoms with van der Waals surface area (Å²) in [5.41, 5.74) is 1.09. The lowest BCUT2D eigenvalue weighted by Crippen LogP contribution is -2.23. The molecule has 0 aliphatic carbocycles. The highest BCUT2D eigenvalue weighted by atomic mass is 16.4. The van der Waals surface area contributed by atoms with E-state index in [9.17, 15) is 4.79 Å². The van der Waals surface area contributed by atoms with Crippen LogP contribution in [0.15, 0.2) is 30.3 Å². The molecule has 1 aromatic carbocycles. The largest absolute Gasteiger partial charge is 0.481 e. The maximum absolute atomic E-state index is 11.1. The van der Waals surface area contributed by atoms with Gasteiger partial charge in [-0.2, -0.15) is 0 Å². The predicted molar refractivity (Wildman–Crippen MR) is 64.4 cm³/mol. The Morgan fingerprint density at radius 1 is 1.31 bits per heavy atom. The molecular weight excluding hydrogens is 202 g/mol. The van der Waals surface area contributed by atoms with Gasteiger partial charge in [-0.05, 0) is 39.0 Å². The number of nitrogens with zero attached hydrogens (tertiary/aromatic N) is 1. The van der Waals surface area contributed by atoms with E-state index in [0.717, 1.165) is 12.1 Å². The molecule has 0 spiro atoms. The lowest BCUT2D eigenvalue weighted by atomic mass is 9.96. The third-order valence-corrected chi connectivity index (χ3v) is 2.60. The lowest BCUT2D eigenvalue weighted by molar-refractivity contribution is -0.142. The molecule has 0 fully saturated rings. The van der Waals surface area contributed by atoms with Crippen LogP contribution in [0.4, 0.5) is 0 Å². The van der Waals surface area contributed by atoms with Gasteiger partial charge >= 0.3 is 5.97 Å². The quantitative estimate of drug-likeness (QED) is 0.797. The number of rotatable bonds is 6. The molecule has 88 valence electrons. The van der Waals surface area contributed by atoms with E-state index in [-0.39, 0.29) is 5.92 Å². The summed E-state index contributed by atoms with van der Waals surface area (Å²) in [6.45, 7) is 0.809. The molecule has 0 radical (unpaired) electrons. The summed E-state index contributed by atoms with van der Waals surface area (Å²) >= 11 is 0. The zero-order valence-corrected chi connectivity index (χ0v) is 9.89. The average molecular weight is 221 g/mol. The standard InChI is InChI=1S/C13H19NO2/c1-14(2)9-8-12(13(15)16)10-11-6-4-3-5-7-11/h3-7,12H,8-10H2,1-2H3,(H,15,16). The molecule has 1 rings (SSSR count). The van der Waals surface area contributed by atoms with Crippen LogP contribution in [0.1, 0.15) is 12.0 Å². The number of aliphatic carboxylic acids is 1. The summed E-state index contributed by atoms with van der Waals surface area (Å²) < 4.78 is 0. The molecule has 3 heteroatoms. The first kappa shape index (κ1) is 12.7. The van der Waals surface area contributed by atoms with Gasteiger partial charge in [0.2, 0.25) is 0 Å². The van der Waals surface area contributed by atoms with E-state index in [1.807, 2.05) is 49.3 Å². The Balaban J connectivity index is 2.55. The molecule has 0 amide bonds. The second kappa shape index (κ2) is 6.28. The van der Waals surface area contributed by atoms with Gasteiger partial charge in [0.15, 0.2) is 0 Å². The van der Waals surface area contributed by atoms with E-state index in [4.69, 9.17) is 5.11 Å². The van der Waals surface area contributed by atoms with Crippen molar-refractivity contribution in [1.82, 2.24) is 4.90 Å². The van der Waals surface area contributed by atoms with Crippen molar-refractivity contribution in [3.8, 4) is 0 Å². The molecule has 1 N–H and O–H groups in total. The highest BCUT2D eigenvalue weighted by Gasteiger charge is 2.17. The van der Waals surface area contributed by atoms with E-state index < -0.39 is 5.97 Å². The molecule has 1 unspecified atom stereocenters. The molecule has 1 atom stereocenters. The zero-order valence-electron chi connectivity index (χ0n) is 9.89. The van der Waals surface area contributed by atoms with E-state index in [1.165, 1.54) is 0 Å². The van der Waals surface area contributed by atoms with E-state index in [2.05, 4.69) is 0 Å². The average Bonchev–Trinajstić information content (AvgIpc) is 2.25. The van der Waals surface area contributed by atoms with Crippen molar-refractivity contribution in [3.05, 3.63) is 35.9 Å². The molecule has 3 nitrogen and oxygen atoms in total. The molecule has 0 aliphatic rings. The fourth-order valence-electron chi connectivity index (χ4n) is 1.63. The molecule has 0 saturated heterocycles. The van der Waals surface area contributed by atoms with Crippen molar-refractivity contribution in [2.75, 3.05) is 20.6 Å². The number of carboxylic acid groups (broad SMARTS) is 1. The van der Waals surface area contributed by atoms with Crippen LogP contribution in [0.5, 0.6) is 0 Å². The topological polar surface area (TPSA) is 40.5 Å². The molecule has 0 heterocycles. The number of benzene rings is 1. The number of hydrogen-bond acceptors (Lipinski definition) is 2. The minimum absolute atomic E-state index is 0.287. The van der Waals surface area contributed by atoms with Crippen molar-refractivity contribution in [3.63, 3.8) is 0 Å². The summed E-state index contributed by atoms with van der Waals surface area (Å²) in [4.78, 5) is 13.1. The molecular formula is C13H19NO2. The molecule has 16 heavy (non-hydrogen) atoms. The minimum Gasteiger partial charge on any atom is -0.481 e. The first-order valence-electron chi connectivity index (χ1n) is 5.51. The van der Waals surface area contributed by atoms with Crippen LogP contribution in [0.25, 0.3) is 0 Å². The maximum atomic E-state index is 11.1. The van der Waals surface area contributed by atoms with Crippen molar-refractivity contribution in [1.29, 1.82) is 0 Å². The van der Waals surface area contributed by atoms with Gasteiger partial charge in [-0.15, -0.1) is 0 Å². The predicted octanol–water partition coefficient (Wildman–Crippen LogP) is 1.88.